The van der Waals surface area contributed by atoms with Crippen molar-refractivity contribution in [2.45, 2.75) is 183 Å². The summed E-state index contributed by atoms with van der Waals surface area (Å²) in [5.74, 6) is -2.79. The van der Waals surface area contributed by atoms with Crippen LogP contribution in [0.4, 0.5) is 0 Å². The van der Waals surface area contributed by atoms with E-state index in [0.717, 1.165) is 25.9 Å². The zero-order valence-corrected chi connectivity index (χ0v) is 61.0. The number of carbonyl (C=O) groups is 7. The highest BCUT2D eigenvalue weighted by Gasteiger charge is 2.48. The van der Waals surface area contributed by atoms with E-state index in [-0.39, 0.29) is 182 Å². The van der Waals surface area contributed by atoms with Gasteiger partial charge in [-0.25, -0.2) is 0 Å². The van der Waals surface area contributed by atoms with E-state index in [1.165, 1.54) is 20.8 Å². The summed E-state index contributed by atoms with van der Waals surface area (Å²) in [7, 11) is 0. The van der Waals surface area contributed by atoms with Crippen LogP contribution < -0.4 is 31.9 Å². The second-order valence-corrected chi connectivity index (χ2v) is 26.5. The lowest BCUT2D eigenvalue weighted by molar-refractivity contribution is -0.272. The van der Waals surface area contributed by atoms with Gasteiger partial charge in [-0.2, -0.15) is 0 Å². The molecule has 0 aliphatic carbocycles. The Labute approximate surface area is 611 Å². The third kappa shape index (κ3) is 33.2. The summed E-state index contributed by atoms with van der Waals surface area (Å²) in [4.78, 5) is 92.6. The zero-order chi connectivity index (χ0) is 76.7. The lowest BCUT2D eigenvalue weighted by Crippen LogP contribution is -2.64. The Hall–Kier alpha value is -4.71. The molecule has 7 amide bonds. The van der Waals surface area contributed by atoms with Crippen molar-refractivity contribution in [1.82, 2.24) is 41.7 Å². The highest BCUT2D eigenvalue weighted by molar-refractivity contribution is 5.77. The van der Waals surface area contributed by atoms with E-state index in [0.29, 0.717) is 26.3 Å². The summed E-state index contributed by atoms with van der Waals surface area (Å²) in [6.07, 6.45) is -14.7. The summed E-state index contributed by atoms with van der Waals surface area (Å²) in [5, 5.41) is 107. The number of hydrogen-bond donors (Lipinski definition) is 15. The van der Waals surface area contributed by atoms with Crippen LogP contribution in [0.5, 0.6) is 0 Å². The fourth-order valence-corrected chi connectivity index (χ4v) is 12.0. The van der Waals surface area contributed by atoms with E-state index >= 15 is 0 Å². The molecule has 39 nitrogen and oxygen atoms in total. The number of hydrogen-bond acceptors (Lipinski definition) is 32. The molecule has 15 unspecified atom stereocenters. The number of aliphatic hydroxyl groups excluding tert-OH is 9. The highest BCUT2D eigenvalue weighted by Crippen LogP contribution is 2.27. The Morgan fingerprint density at radius 2 is 0.810 bits per heavy atom. The fourth-order valence-electron chi connectivity index (χ4n) is 12.0. The van der Waals surface area contributed by atoms with Crippen molar-refractivity contribution >= 4 is 41.4 Å². The predicted octanol–water partition coefficient (Wildman–Crippen LogP) is -8.00. The van der Waals surface area contributed by atoms with E-state index in [2.05, 4.69) is 36.8 Å². The van der Waals surface area contributed by atoms with Gasteiger partial charge in [0.25, 0.3) is 0 Å². The SMILES string of the molecule is CC(=O)NC1C(OCCOCCNC(=O)CCOCC(COCCC(=O)NCCOCCOC2OC(CO)C(O)C(O)C2NC(C)=O)(COCCC(=O)NCCOCCOC2OC(CO)C(O)C(O)C2NC(C)=O)COCCC(=O)N2CCC(N3CCO[C@H](COC(C)C)C3)CC2)OC(CO)C(O)C1O. The first-order chi connectivity index (χ1) is 50.4. The summed E-state index contributed by atoms with van der Waals surface area (Å²) < 4.78 is 87.0. The molecular weight excluding hydrogens is 1400 g/mol. The van der Waals surface area contributed by atoms with E-state index in [9.17, 15) is 79.5 Å². The monoisotopic (exact) mass is 1520 g/mol. The molecule has 16 atom stereocenters. The lowest BCUT2D eigenvalue weighted by atomic mass is 9.92. The van der Waals surface area contributed by atoms with Crippen LogP contribution in [0.2, 0.25) is 0 Å². The smallest absolute Gasteiger partial charge is 0.224 e. The summed E-state index contributed by atoms with van der Waals surface area (Å²) in [6.45, 7) is 9.00. The van der Waals surface area contributed by atoms with Crippen molar-refractivity contribution in [1.29, 1.82) is 0 Å². The molecule has 5 heterocycles. The number of likely N-dealkylation sites (tertiary alicyclic amines) is 1. The second kappa shape index (κ2) is 50.2. The summed E-state index contributed by atoms with van der Waals surface area (Å²) >= 11 is 0. The predicted molar refractivity (Wildman–Crippen MR) is 362 cm³/mol. The first-order valence-corrected chi connectivity index (χ1v) is 36.0. The van der Waals surface area contributed by atoms with Crippen molar-refractivity contribution in [3.63, 3.8) is 0 Å². The van der Waals surface area contributed by atoms with Crippen LogP contribution in [-0.2, 0) is 105 Å². The first kappa shape index (κ1) is 90.9. The normalized spacial score (nSPS) is 28.2. The van der Waals surface area contributed by atoms with Crippen molar-refractivity contribution < 1.29 is 151 Å². The Kier molecular flexibility index (Phi) is 43.4. The van der Waals surface area contributed by atoms with Gasteiger partial charge in [0.05, 0.1) is 169 Å². The third-order valence-electron chi connectivity index (χ3n) is 17.6. The largest absolute Gasteiger partial charge is 0.394 e. The number of nitrogens with one attached hydrogen (secondary N) is 6. The molecule has 0 radical (unpaired) electrons. The number of piperidine rings is 1. The maximum atomic E-state index is 13.7. The van der Waals surface area contributed by atoms with Gasteiger partial charge in [-0.3, -0.25) is 38.5 Å². The van der Waals surface area contributed by atoms with Crippen molar-refractivity contribution in [3.8, 4) is 0 Å². The fraction of sp³-hybridized carbons (Fsp3) is 0.894. The van der Waals surface area contributed by atoms with Gasteiger partial charge in [0.2, 0.25) is 41.4 Å². The molecule has 608 valence electrons. The maximum absolute atomic E-state index is 13.7. The number of nitrogens with zero attached hydrogens (tertiary/aromatic N) is 2. The molecule has 0 spiro atoms. The molecule has 0 aromatic rings. The highest BCUT2D eigenvalue weighted by atomic mass is 16.7. The number of ether oxygens (including phenoxy) is 15. The number of morpholine rings is 1. The average molecular weight is 1520 g/mol. The summed E-state index contributed by atoms with van der Waals surface area (Å²) in [5.41, 5.74) is -1.16. The molecule has 0 saturated carbocycles. The molecular formula is C66H118N8O31. The minimum atomic E-state index is -1.49. The molecule has 15 N–H and O–H groups in total. The van der Waals surface area contributed by atoms with Crippen LogP contribution in [0.3, 0.4) is 0 Å². The van der Waals surface area contributed by atoms with Gasteiger partial charge < -0.3 is 154 Å². The Balaban J connectivity index is 1.15. The Morgan fingerprint density at radius 1 is 0.457 bits per heavy atom. The Bertz CT molecular complexity index is 2300. The molecule has 5 saturated heterocycles. The van der Waals surface area contributed by atoms with Gasteiger partial charge in [-0.1, -0.05) is 0 Å². The van der Waals surface area contributed by atoms with Gasteiger partial charge in [-0.15, -0.1) is 0 Å². The van der Waals surface area contributed by atoms with Crippen LogP contribution in [0.25, 0.3) is 0 Å². The van der Waals surface area contributed by atoms with Gasteiger partial charge in [0.15, 0.2) is 18.9 Å². The van der Waals surface area contributed by atoms with Crippen LogP contribution in [0.1, 0.15) is 73.1 Å². The molecule has 5 aliphatic rings. The maximum Gasteiger partial charge on any atom is 0.224 e. The zero-order valence-electron chi connectivity index (χ0n) is 61.0. The number of amides is 7. The van der Waals surface area contributed by atoms with Crippen LogP contribution in [0.15, 0.2) is 0 Å². The minimum absolute atomic E-state index is 0.00147. The Morgan fingerprint density at radius 3 is 1.14 bits per heavy atom. The quantitative estimate of drug-likeness (QED) is 0.0252. The van der Waals surface area contributed by atoms with Gasteiger partial charge >= 0.3 is 0 Å². The van der Waals surface area contributed by atoms with E-state index in [1.807, 2.05) is 18.7 Å². The van der Waals surface area contributed by atoms with Crippen LogP contribution in [0, 0.1) is 5.41 Å². The average Bonchev–Trinajstić information content (AvgIpc) is 0.814. The van der Waals surface area contributed by atoms with Crippen molar-refractivity contribution in [2.75, 3.05) is 191 Å². The lowest BCUT2D eigenvalue weighted by Gasteiger charge is -2.42. The first-order valence-electron chi connectivity index (χ1n) is 36.0. The van der Waals surface area contributed by atoms with Crippen LogP contribution >= 0.6 is 0 Å². The standard InChI is InChI=1S/C66H118N8O31/c1-41(2)102-36-46-32-74(17-25-98-46)45-6-15-73(16-7-45)53(84)11-21-97-40-66(37-94-18-8-50(81)67-12-22-91-26-29-99-63-54(70-42(3)78)60(88)57(85)47(33-75)103-63,38-95-19-9-51(82)68-13-23-92-27-30-100-64-55(71-43(4)79)61(89)58(86)48(34-76)104-64)39-96-20-10-52(83)69-14-24-93-28-31-101-65-56(72-44(5)80)62(90)59(87)49(35-77)105-65/h41,45-49,54-65,75-77,85-90H,6-40H2,1-5H3,(H,67,81)(H,68,82)(H,69,83)(H,70,78)(H,71,79)(H,72,80)/t46-,47?,48?,49?,54?,55?,56?,57?,58?,59?,60?,61?,62?,63?,64?,65?,66?/m0/s1. The van der Waals surface area contributed by atoms with Gasteiger partial charge in [-0.05, 0) is 26.7 Å². The summed E-state index contributed by atoms with van der Waals surface area (Å²) in [6, 6.07) is -3.11. The van der Waals surface area contributed by atoms with Gasteiger partial charge in [0, 0.05) is 91.9 Å². The van der Waals surface area contributed by atoms with Crippen molar-refractivity contribution in [3.05, 3.63) is 0 Å². The molecule has 5 aliphatic heterocycles. The number of rotatable bonds is 51. The second-order valence-electron chi connectivity index (χ2n) is 26.5. The molecule has 0 bridgehead atoms. The molecule has 0 aromatic heterocycles. The molecule has 5 fully saturated rings. The molecule has 5 rings (SSSR count). The van der Waals surface area contributed by atoms with Crippen molar-refractivity contribution in [2.24, 2.45) is 5.41 Å². The van der Waals surface area contributed by atoms with Crippen LogP contribution in [-0.4, -0.2) is 398 Å². The van der Waals surface area contributed by atoms with E-state index in [4.69, 9.17) is 71.1 Å². The van der Waals surface area contributed by atoms with Gasteiger partial charge in [0.1, 0.15) is 73.1 Å². The molecule has 39 heteroatoms. The minimum Gasteiger partial charge on any atom is -0.394 e. The molecule has 105 heavy (non-hydrogen) atoms. The van der Waals surface area contributed by atoms with E-state index < -0.39 is 153 Å². The number of carbonyl (C=O) groups excluding carboxylic acids is 7. The molecule has 0 aromatic carbocycles. The van der Waals surface area contributed by atoms with E-state index in [1.54, 1.807) is 0 Å². The third-order valence-corrected chi connectivity index (χ3v) is 17.6. The number of aliphatic hydroxyl groups is 9. The topological polar surface area (TPSA) is 519 Å².